The van der Waals surface area contributed by atoms with Gasteiger partial charge < -0.3 is 9.32 Å². The molecule has 1 atom stereocenters. The lowest BCUT2D eigenvalue weighted by Crippen LogP contribution is -2.43. The zero-order chi connectivity index (χ0) is 13.8. The molecule has 0 saturated carbocycles. The second kappa shape index (κ2) is 6.27. The van der Waals surface area contributed by atoms with Crippen molar-refractivity contribution < 1.29 is 9.21 Å². The van der Waals surface area contributed by atoms with Gasteiger partial charge >= 0.3 is 0 Å². The van der Waals surface area contributed by atoms with Crippen molar-refractivity contribution in [2.24, 2.45) is 0 Å². The van der Waals surface area contributed by atoms with Gasteiger partial charge in [0.2, 0.25) is 0 Å². The van der Waals surface area contributed by atoms with Gasteiger partial charge in [0.05, 0.1) is 11.8 Å². The van der Waals surface area contributed by atoms with Crippen LogP contribution in [0.15, 0.2) is 40.5 Å². The Morgan fingerprint density at radius 2 is 2.35 bits per heavy atom. The van der Waals surface area contributed by atoms with Gasteiger partial charge in [-0.1, -0.05) is 6.07 Å². The first-order valence-electron chi connectivity index (χ1n) is 7.20. The van der Waals surface area contributed by atoms with Gasteiger partial charge in [0.1, 0.15) is 6.26 Å². The van der Waals surface area contributed by atoms with Crippen LogP contribution in [0.1, 0.15) is 40.9 Å². The van der Waals surface area contributed by atoms with Crippen molar-refractivity contribution in [3.8, 4) is 0 Å². The van der Waals surface area contributed by atoms with Crippen LogP contribution in [0.3, 0.4) is 0 Å². The highest BCUT2D eigenvalue weighted by atomic mass is 32.1. The lowest BCUT2D eigenvalue weighted by molar-refractivity contribution is 0.0601. The highest BCUT2D eigenvalue weighted by molar-refractivity contribution is 7.09. The molecule has 0 aromatic carbocycles. The Balaban J connectivity index is 1.66. The van der Waals surface area contributed by atoms with Gasteiger partial charge in [-0.05, 0) is 49.6 Å². The fraction of sp³-hybridized carbons (Fsp3) is 0.438. The highest BCUT2D eigenvalue weighted by Crippen LogP contribution is 2.24. The number of hydrogen-bond donors (Lipinski definition) is 0. The number of nitrogens with zero attached hydrogens (tertiary/aromatic N) is 1. The van der Waals surface area contributed by atoms with Gasteiger partial charge in [-0.15, -0.1) is 11.3 Å². The number of aryl methyl sites for hydroxylation is 1. The SMILES string of the molecule is O=C(c1ccoc1)N1CCCC[C@@H]1CCc1cccs1. The minimum atomic E-state index is 0.120. The van der Waals surface area contributed by atoms with Crippen LogP contribution in [0, 0.1) is 0 Å². The lowest BCUT2D eigenvalue weighted by atomic mass is 9.97. The van der Waals surface area contributed by atoms with E-state index >= 15 is 0 Å². The quantitative estimate of drug-likeness (QED) is 0.853. The summed E-state index contributed by atoms with van der Waals surface area (Å²) >= 11 is 1.80. The molecule has 2 aromatic heterocycles. The molecular weight excluding hydrogens is 270 g/mol. The molecule has 20 heavy (non-hydrogen) atoms. The van der Waals surface area contributed by atoms with Crippen LogP contribution in [0.5, 0.6) is 0 Å². The second-order valence-electron chi connectivity index (χ2n) is 5.28. The second-order valence-corrected chi connectivity index (χ2v) is 6.31. The summed E-state index contributed by atoms with van der Waals surface area (Å²) in [4.78, 5) is 16.0. The largest absolute Gasteiger partial charge is 0.472 e. The summed E-state index contributed by atoms with van der Waals surface area (Å²) in [5.74, 6) is 0.120. The number of hydrogen-bond acceptors (Lipinski definition) is 3. The fourth-order valence-electron chi connectivity index (χ4n) is 2.88. The summed E-state index contributed by atoms with van der Waals surface area (Å²) in [5.41, 5.74) is 0.674. The first kappa shape index (κ1) is 13.4. The van der Waals surface area contributed by atoms with E-state index < -0.39 is 0 Å². The maximum absolute atomic E-state index is 12.5. The standard InChI is InChI=1S/C16H19NO2S/c18-16(13-8-10-19-12-13)17-9-2-1-4-14(17)6-7-15-5-3-11-20-15/h3,5,8,10-12,14H,1-2,4,6-7,9H2/t14-/m1/s1. The zero-order valence-electron chi connectivity index (χ0n) is 11.5. The van der Waals surface area contributed by atoms with Gasteiger partial charge in [-0.3, -0.25) is 4.79 Å². The van der Waals surface area contributed by atoms with E-state index in [-0.39, 0.29) is 5.91 Å². The van der Waals surface area contributed by atoms with Crippen LogP contribution >= 0.6 is 11.3 Å². The van der Waals surface area contributed by atoms with Crippen molar-refractivity contribution >= 4 is 17.2 Å². The van der Waals surface area contributed by atoms with Crippen molar-refractivity contribution in [2.45, 2.75) is 38.1 Å². The van der Waals surface area contributed by atoms with Crippen molar-refractivity contribution in [2.75, 3.05) is 6.54 Å². The van der Waals surface area contributed by atoms with Crippen LogP contribution in [-0.4, -0.2) is 23.4 Å². The predicted molar refractivity (Wildman–Crippen MR) is 80.0 cm³/mol. The topological polar surface area (TPSA) is 33.5 Å². The maximum atomic E-state index is 12.5. The van der Waals surface area contributed by atoms with Gasteiger partial charge in [0, 0.05) is 17.5 Å². The molecule has 1 fully saturated rings. The molecule has 0 radical (unpaired) electrons. The van der Waals surface area contributed by atoms with Crippen molar-refractivity contribution in [1.29, 1.82) is 0 Å². The van der Waals surface area contributed by atoms with E-state index in [1.807, 2.05) is 4.90 Å². The van der Waals surface area contributed by atoms with Gasteiger partial charge in [0.15, 0.2) is 0 Å². The van der Waals surface area contributed by atoms with Crippen LogP contribution < -0.4 is 0 Å². The van der Waals surface area contributed by atoms with E-state index in [9.17, 15) is 4.79 Å². The molecule has 2 aromatic rings. The first-order chi connectivity index (χ1) is 9.84. The summed E-state index contributed by atoms with van der Waals surface area (Å²) in [7, 11) is 0. The lowest BCUT2D eigenvalue weighted by Gasteiger charge is -2.35. The Morgan fingerprint density at radius 3 is 3.10 bits per heavy atom. The van der Waals surface area contributed by atoms with Crippen LogP contribution in [0.2, 0.25) is 0 Å². The van der Waals surface area contributed by atoms with Crippen LogP contribution in [0.25, 0.3) is 0 Å². The third-order valence-electron chi connectivity index (χ3n) is 3.96. The Hall–Kier alpha value is -1.55. The van der Waals surface area contributed by atoms with Gasteiger partial charge in [-0.25, -0.2) is 0 Å². The minimum Gasteiger partial charge on any atom is -0.472 e. The number of rotatable bonds is 4. The van der Waals surface area contributed by atoms with E-state index in [0.717, 1.165) is 32.2 Å². The Morgan fingerprint density at radius 1 is 1.40 bits per heavy atom. The molecule has 1 aliphatic rings. The molecule has 0 unspecified atom stereocenters. The molecule has 3 nitrogen and oxygen atoms in total. The number of amides is 1. The molecule has 0 bridgehead atoms. The average molecular weight is 289 g/mol. The molecule has 106 valence electrons. The smallest absolute Gasteiger partial charge is 0.257 e. The number of thiophene rings is 1. The zero-order valence-corrected chi connectivity index (χ0v) is 12.3. The Bertz CT molecular complexity index is 533. The van der Waals surface area contributed by atoms with Crippen LogP contribution in [-0.2, 0) is 6.42 Å². The normalized spacial score (nSPS) is 19.2. The van der Waals surface area contributed by atoms with Crippen molar-refractivity contribution in [3.05, 3.63) is 46.5 Å². The van der Waals surface area contributed by atoms with E-state index in [4.69, 9.17) is 4.42 Å². The summed E-state index contributed by atoms with van der Waals surface area (Å²) in [6.07, 6.45) is 8.70. The van der Waals surface area contributed by atoms with E-state index in [2.05, 4.69) is 17.5 Å². The summed E-state index contributed by atoms with van der Waals surface area (Å²) < 4.78 is 5.03. The Kier molecular flexibility index (Phi) is 4.21. The molecule has 1 amide bonds. The molecule has 0 aliphatic carbocycles. The summed E-state index contributed by atoms with van der Waals surface area (Å²) in [6, 6.07) is 6.39. The molecule has 0 N–H and O–H groups in total. The van der Waals surface area contributed by atoms with E-state index in [0.29, 0.717) is 11.6 Å². The van der Waals surface area contributed by atoms with E-state index in [1.165, 1.54) is 11.3 Å². The fourth-order valence-corrected chi connectivity index (χ4v) is 3.61. The number of piperidine rings is 1. The summed E-state index contributed by atoms with van der Waals surface area (Å²) in [5, 5.41) is 2.12. The molecule has 3 heterocycles. The maximum Gasteiger partial charge on any atom is 0.257 e. The number of likely N-dealkylation sites (tertiary alicyclic amines) is 1. The molecule has 3 rings (SSSR count). The number of carbonyl (C=O) groups is 1. The average Bonchev–Trinajstić information content (AvgIpc) is 3.18. The number of furan rings is 1. The molecule has 1 aliphatic heterocycles. The van der Waals surface area contributed by atoms with Gasteiger partial charge in [0.25, 0.3) is 5.91 Å². The molecule has 0 spiro atoms. The third kappa shape index (κ3) is 2.96. The third-order valence-corrected chi connectivity index (χ3v) is 4.90. The Labute approximate surface area is 123 Å². The first-order valence-corrected chi connectivity index (χ1v) is 8.08. The van der Waals surface area contributed by atoms with Crippen LogP contribution in [0.4, 0.5) is 0 Å². The monoisotopic (exact) mass is 289 g/mol. The predicted octanol–water partition coefficient (Wildman–Crippen LogP) is 3.97. The minimum absolute atomic E-state index is 0.120. The molecule has 1 saturated heterocycles. The van der Waals surface area contributed by atoms with Crippen molar-refractivity contribution in [1.82, 2.24) is 4.90 Å². The molecule has 4 heteroatoms. The summed E-state index contributed by atoms with van der Waals surface area (Å²) in [6.45, 7) is 0.874. The highest BCUT2D eigenvalue weighted by Gasteiger charge is 2.27. The van der Waals surface area contributed by atoms with Gasteiger partial charge in [-0.2, -0.15) is 0 Å². The van der Waals surface area contributed by atoms with E-state index in [1.54, 1.807) is 29.9 Å². The molecular formula is C16H19NO2S. The van der Waals surface area contributed by atoms with Crippen molar-refractivity contribution in [3.63, 3.8) is 0 Å². The number of carbonyl (C=O) groups excluding carboxylic acids is 1.